The number of rotatable bonds is 3. The summed E-state index contributed by atoms with van der Waals surface area (Å²) in [6, 6.07) is 0.533. The van der Waals surface area contributed by atoms with Crippen molar-refractivity contribution in [2.24, 2.45) is 5.92 Å². The quantitative estimate of drug-likeness (QED) is 0.786. The van der Waals surface area contributed by atoms with Crippen molar-refractivity contribution in [3.05, 3.63) is 0 Å². The van der Waals surface area contributed by atoms with E-state index in [0.29, 0.717) is 19.1 Å². The largest absolute Gasteiger partial charge is 0.377 e. The zero-order valence-corrected chi connectivity index (χ0v) is 11.5. The van der Waals surface area contributed by atoms with Gasteiger partial charge >= 0.3 is 0 Å². The lowest BCUT2D eigenvalue weighted by atomic mass is 9.94. The molecule has 0 aliphatic carbocycles. The summed E-state index contributed by atoms with van der Waals surface area (Å²) in [7, 11) is 3.35. The number of nitrogens with one attached hydrogen (secondary N) is 1. The first-order chi connectivity index (χ1) is 8.65. The van der Waals surface area contributed by atoms with Crippen molar-refractivity contribution < 1.29 is 14.3 Å². The van der Waals surface area contributed by atoms with Crippen LogP contribution in [-0.4, -0.2) is 62.9 Å². The van der Waals surface area contributed by atoms with E-state index in [1.165, 1.54) is 0 Å². The molecule has 2 fully saturated rings. The Bertz CT molecular complexity index is 278. The molecular formula is C13H24N2O3. The second-order valence-corrected chi connectivity index (χ2v) is 5.38. The van der Waals surface area contributed by atoms with Crippen LogP contribution in [0.5, 0.6) is 0 Å². The van der Waals surface area contributed by atoms with Crippen LogP contribution in [0, 0.1) is 5.92 Å². The summed E-state index contributed by atoms with van der Waals surface area (Å²) in [6.45, 7) is 4.27. The van der Waals surface area contributed by atoms with Gasteiger partial charge < -0.3 is 19.7 Å². The maximum Gasteiger partial charge on any atom is 0.227 e. The lowest BCUT2D eigenvalue weighted by molar-refractivity contribution is -0.135. The van der Waals surface area contributed by atoms with Crippen molar-refractivity contribution in [2.45, 2.75) is 38.0 Å². The monoisotopic (exact) mass is 256 g/mol. The van der Waals surface area contributed by atoms with Gasteiger partial charge in [-0.1, -0.05) is 0 Å². The Hall–Kier alpha value is -0.650. The SMILES string of the molecule is COC1CN(C(=O)C2CCC(C)NC2)CC1OC. The molecule has 0 spiro atoms. The van der Waals surface area contributed by atoms with E-state index in [0.717, 1.165) is 19.4 Å². The van der Waals surface area contributed by atoms with Crippen LogP contribution in [0.4, 0.5) is 0 Å². The van der Waals surface area contributed by atoms with Crippen LogP contribution < -0.4 is 5.32 Å². The van der Waals surface area contributed by atoms with Gasteiger partial charge in [-0.25, -0.2) is 0 Å². The highest BCUT2D eigenvalue weighted by atomic mass is 16.5. The third-order valence-corrected chi connectivity index (χ3v) is 4.14. The molecule has 104 valence electrons. The van der Waals surface area contributed by atoms with E-state index in [-0.39, 0.29) is 24.0 Å². The van der Waals surface area contributed by atoms with Crippen LogP contribution in [0.3, 0.4) is 0 Å². The summed E-state index contributed by atoms with van der Waals surface area (Å²) >= 11 is 0. The molecule has 2 rings (SSSR count). The number of carbonyl (C=O) groups excluding carboxylic acids is 1. The molecule has 5 heteroatoms. The predicted molar refractivity (Wildman–Crippen MR) is 68.4 cm³/mol. The molecule has 2 saturated heterocycles. The van der Waals surface area contributed by atoms with Crippen LogP contribution >= 0.6 is 0 Å². The average molecular weight is 256 g/mol. The molecule has 4 unspecified atom stereocenters. The van der Waals surface area contributed by atoms with Gasteiger partial charge in [-0.3, -0.25) is 4.79 Å². The van der Waals surface area contributed by atoms with Gasteiger partial charge in [-0.2, -0.15) is 0 Å². The number of methoxy groups -OCH3 is 2. The molecule has 0 bridgehead atoms. The molecule has 0 aromatic carbocycles. The average Bonchev–Trinajstić information content (AvgIpc) is 2.82. The summed E-state index contributed by atoms with van der Waals surface area (Å²) in [5.74, 6) is 0.366. The zero-order chi connectivity index (χ0) is 13.1. The minimum absolute atomic E-state index is 0.00873. The molecule has 2 aliphatic heterocycles. The summed E-state index contributed by atoms with van der Waals surface area (Å²) in [4.78, 5) is 14.3. The summed E-state index contributed by atoms with van der Waals surface area (Å²) in [6.07, 6.45) is 2.08. The van der Waals surface area contributed by atoms with Crippen LogP contribution in [-0.2, 0) is 14.3 Å². The molecule has 0 aromatic rings. The number of nitrogens with zero attached hydrogens (tertiary/aromatic N) is 1. The Kier molecular flexibility index (Phi) is 4.59. The fourth-order valence-electron chi connectivity index (χ4n) is 2.84. The lowest BCUT2D eigenvalue weighted by Gasteiger charge is -2.29. The topological polar surface area (TPSA) is 50.8 Å². The second kappa shape index (κ2) is 5.99. The molecule has 1 amide bonds. The highest BCUT2D eigenvalue weighted by Gasteiger charge is 2.38. The van der Waals surface area contributed by atoms with Crippen LogP contribution in [0.15, 0.2) is 0 Å². The van der Waals surface area contributed by atoms with Crippen LogP contribution in [0.25, 0.3) is 0 Å². The van der Waals surface area contributed by atoms with Gasteiger partial charge in [0, 0.05) is 39.9 Å². The van der Waals surface area contributed by atoms with E-state index >= 15 is 0 Å². The molecule has 18 heavy (non-hydrogen) atoms. The Balaban J connectivity index is 1.90. The van der Waals surface area contributed by atoms with Gasteiger partial charge in [-0.05, 0) is 19.8 Å². The number of hydrogen-bond acceptors (Lipinski definition) is 4. The number of hydrogen-bond donors (Lipinski definition) is 1. The Labute approximate surface area is 109 Å². The van der Waals surface area contributed by atoms with E-state index < -0.39 is 0 Å². The zero-order valence-electron chi connectivity index (χ0n) is 11.5. The van der Waals surface area contributed by atoms with Gasteiger partial charge in [0.15, 0.2) is 0 Å². The van der Waals surface area contributed by atoms with Crippen molar-refractivity contribution in [1.29, 1.82) is 0 Å². The molecule has 0 radical (unpaired) electrons. The van der Waals surface area contributed by atoms with E-state index in [9.17, 15) is 4.79 Å². The van der Waals surface area contributed by atoms with Gasteiger partial charge in [0.2, 0.25) is 5.91 Å². The fourth-order valence-corrected chi connectivity index (χ4v) is 2.84. The smallest absolute Gasteiger partial charge is 0.227 e. The van der Waals surface area contributed by atoms with Crippen molar-refractivity contribution in [3.8, 4) is 0 Å². The minimum atomic E-state index is 0.00873. The van der Waals surface area contributed by atoms with Crippen LogP contribution in [0.1, 0.15) is 19.8 Å². The van der Waals surface area contributed by atoms with Crippen molar-refractivity contribution in [3.63, 3.8) is 0 Å². The molecule has 5 nitrogen and oxygen atoms in total. The third-order valence-electron chi connectivity index (χ3n) is 4.14. The molecular weight excluding hydrogens is 232 g/mol. The molecule has 0 aromatic heterocycles. The summed E-state index contributed by atoms with van der Waals surface area (Å²) < 4.78 is 10.7. The Morgan fingerprint density at radius 2 is 1.78 bits per heavy atom. The van der Waals surface area contributed by atoms with Crippen molar-refractivity contribution in [1.82, 2.24) is 10.2 Å². The number of likely N-dealkylation sites (tertiary alicyclic amines) is 1. The second-order valence-electron chi connectivity index (χ2n) is 5.38. The predicted octanol–water partition coefficient (Wildman–Crippen LogP) is 0.247. The summed E-state index contributed by atoms with van der Waals surface area (Å²) in [5.41, 5.74) is 0. The van der Waals surface area contributed by atoms with Gasteiger partial charge in [0.25, 0.3) is 0 Å². The van der Waals surface area contributed by atoms with Crippen LogP contribution in [0.2, 0.25) is 0 Å². The van der Waals surface area contributed by atoms with E-state index in [1.807, 2.05) is 4.90 Å². The molecule has 0 saturated carbocycles. The van der Waals surface area contributed by atoms with E-state index in [4.69, 9.17) is 9.47 Å². The number of piperidine rings is 1. The van der Waals surface area contributed by atoms with Gasteiger partial charge in [-0.15, -0.1) is 0 Å². The number of carbonyl (C=O) groups is 1. The standard InChI is InChI=1S/C13H24N2O3/c1-9-4-5-10(6-14-9)13(16)15-7-11(17-2)12(8-15)18-3/h9-12,14H,4-8H2,1-3H3. The number of ether oxygens (including phenoxy) is 2. The lowest BCUT2D eigenvalue weighted by Crippen LogP contribution is -2.45. The van der Waals surface area contributed by atoms with Gasteiger partial charge in [0.1, 0.15) is 12.2 Å². The highest BCUT2D eigenvalue weighted by Crippen LogP contribution is 2.22. The molecule has 1 N–H and O–H groups in total. The van der Waals surface area contributed by atoms with Crippen molar-refractivity contribution in [2.75, 3.05) is 33.9 Å². The highest BCUT2D eigenvalue weighted by molar-refractivity contribution is 5.79. The molecule has 2 aliphatic rings. The fraction of sp³-hybridized carbons (Fsp3) is 0.923. The Morgan fingerprint density at radius 3 is 2.22 bits per heavy atom. The molecule has 4 atom stereocenters. The van der Waals surface area contributed by atoms with Gasteiger partial charge in [0.05, 0.1) is 5.92 Å². The maximum absolute atomic E-state index is 12.4. The number of amides is 1. The minimum Gasteiger partial charge on any atom is -0.377 e. The first-order valence-electron chi connectivity index (χ1n) is 6.73. The Morgan fingerprint density at radius 1 is 1.17 bits per heavy atom. The van der Waals surface area contributed by atoms with Crippen molar-refractivity contribution >= 4 is 5.91 Å². The normalized spacial score (nSPS) is 36.9. The first-order valence-corrected chi connectivity index (χ1v) is 6.73. The van der Waals surface area contributed by atoms with E-state index in [1.54, 1.807) is 14.2 Å². The maximum atomic E-state index is 12.4. The van der Waals surface area contributed by atoms with E-state index in [2.05, 4.69) is 12.2 Å². The molecule has 2 heterocycles. The third kappa shape index (κ3) is 2.84. The first kappa shape index (κ1) is 13.8. The summed E-state index contributed by atoms with van der Waals surface area (Å²) in [5, 5.41) is 3.38.